The Balaban J connectivity index is 2.25. The van der Waals surface area contributed by atoms with E-state index in [1.54, 1.807) is 6.07 Å². The maximum atomic E-state index is 6.28. The van der Waals surface area contributed by atoms with Crippen LogP contribution in [0, 0.1) is 13.8 Å². The number of hydrogen-bond acceptors (Lipinski definition) is 1. The largest absolute Gasteiger partial charge is 0.324 e. The second kappa shape index (κ2) is 5.96. The summed E-state index contributed by atoms with van der Waals surface area (Å²) >= 11 is 12.0. The third-order valence-electron chi connectivity index (χ3n) is 3.44. The molecule has 19 heavy (non-hydrogen) atoms. The molecule has 0 amide bonds. The number of benzene rings is 2. The molecule has 0 aromatic heterocycles. The van der Waals surface area contributed by atoms with Crippen molar-refractivity contribution >= 4 is 23.2 Å². The first-order valence-corrected chi connectivity index (χ1v) is 7.00. The minimum atomic E-state index is -0.0745. The van der Waals surface area contributed by atoms with Crippen LogP contribution in [0.3, 0.4) is 0 Å². The second-order valence-corrected chi connectivity index (χ2v) is 5.67. The van der Waals surface area contributed by atoms with Gasteiger partial charge < -0.3 is 5.73 Å². The molecule has 0 radical (unpaired) electrons. The average molecular weight is 294 g/mol. The number of rotatable bonds is 3. The van der Waals surface area contributed by atoms with Gasteiger partial charge in [0, 0.05) is 6.04 Å². The van der Waals surface area contributed by atoms with E-state index >= 15 is 0 Å². The fourth-order valence-corrected chi connectivity index (χ4v) is 2.56. The van der Waals surface area contributed by atoms with Gasteiger partial charge in [0.15, 0.2) is 0 Å². The Morgan fingerprint density at radius 2 is 1.63 bits per heavy atom. The Bertz CT molecular complexity index is 573. The van der Waals surface area contributed by atoms with Gasteiger partial charge in [-0.15, -0.1) is 0 Å². The molecule has 1 nitrogen and oxygen atoms in total. The Hall–Kier alpha value is -1.02. The van der Waals surface area contributed by atoms with E-state index in [1.165, 1.54) is 16.7 Å². The minimum absolute atomic E-state index is 0.0745. The van der Waals surface area contributed by atoms with Crippen molar-refractivity contribution in [2.24, 2.45) is 5.73 Å². The average Bonchev–Trinajstić information content (AvgIpc) is 2.37. The van der Waals surface area contributed by atoms with Crippen LogP contribution < -0.4 is 5.73 Å². The Morgan fingerprint density at radius 3 is 2.21 bits per heavy atom. The van der Waals surface area contributed by atoms with Crippen LogP contribution in [0.1, 0.15) is 28.3 Å². The highest BCUT2D eigenvalue weighted by atomic mass is 35.5. The zero-order chi connectivity index (χ0) is 14.0. The fourth-order valence-electron chi connectivity index (χ4n) is 2.25. The predicted molar refractivity (Wildman–Crippen MR) is 83.0 cm³/mol. The molecule has 3 heteroatoms. The minimum Gasteiger partial charge on any atom is -0.324 e. The smallest absolute Gasteiger partial charge is 0.0595 e. The molecule has 0 saturated carbocycles. The van der Waals surface area contributed by atoms with Crippen LogP contribution >= 0.6 is 23.2 Å². The Kier molecular flexibility index (Phi) is 4.51. The van der Waals surface area contributed by atoms with Crippen LogP contribution in [-0.4, -0.2) is 0 Å². The highest BCUT2D eigenvalue weighted by molar-refractivity contribution is 6.42. The summed E-state index contributed by atoms with van der Waals surface area (Å²) in [5.74, 6) is 0. The maximum absolute atomic E-state index is 6.28. The lowest BCUT2D eigenvalue weighted by molar-refractivity contribution is 0.715. The summed E-state index contributed by atoms with van der Waals surface area (Å²) in [5, 5.41) is 1.11. The molecule has 2 rings (SSSR count). The van der Waals surface area contributed by atoms with Crippen molar-refractivity contribution in [1.82, 2.24) is 0 Å². The van der Waals surface area contributed by atoms with E-state index in [2.05, 4.69) is 32.0 Å². The molecule has 1 unspecified atom stereocenters. The quantitative estimate of drug-likeness (QED) is 0.860. The standard InChI is InChI=1S/C16H17Cl2N/c1-10-4-3-5-11(2)13(10)9-16(19)12-6-7-14(17)15(18)8-12/h3-8,16H,9,19H2,1-2H3. The van der Waals surface area contributed by atoms with Crippen LogP contribution in [0.4, 0.5) is 0 Å². The van der Waals surface area contributed by atoms with Gasteiger partial charge in [0.25, 0.3) is 0 Å². The molecule has 0 heterocycles. The highest BCUT2D eigenvalue weighted by Crippen LogP contribution is 2.27. The van der Waals surface area contributed by atoms with Gasteiger partial charge in [-0.25, -0.2) is 0 Å². The molecule has 0 saturated heterocycles. The fraction of sp³-hybridized carbons (Fsp3) is 0.250. The molecule has 0 bridgehead atoms. The van der Waals surface area contributed by atoms with Crippen molar-refractivity contribution in [1.29, 1.82) is 0 Å². The van der Waals surface area contributed by atoms with Crippen molar-refractivity contribution in [2.75, 3.05) is 0 Å². The number of halogens is 2. The third-order valence-corrected chi connectivity index (χ3v) is 4.18. The van der Waals surface area contributed by atoms with E-state index < -0.39 is 0 Å². The van der Waals surface area contributed by atoms with Gasteiger partial charge in [-0.2, -0.15) is 0 Å². The number of nitrogens with two attached hydrogens (primary N) is 1. The third kappa shape index (κ3) is 3.30. The maximum Gasteiger partial charge on any atom is 0.0595 e. The summed E-state index contributed by atoms with van der Waals surface area (Å²) < 4.78 is 0. The van der Waals surface area contributed by atoms with Gasteiger partial charge in [0.2, 0.25) is 0 Å². The van der Waals surface area contributed by atoms with Gasteiger partial charge in [-0.05, 0) is 54.7 Å². The van der Waals surface area contributed by atoms with Gasteiger partial charge in [0.1, 0.15) is 0 Å². The zero-order valence-electron chi connectivity index (χ0n) is 11.1. The monoisotopic (exact) mass is 293 g/mol. The predicted octanol–water partition coefficient (Wildman–Crippen LogP) is 4.85. The molecule has 2 N–H and O–H groups in total. The lowest BCUT2D eigenvalue weighted by Gasteiger charge is -2.16. The lowest BCUT2D eigenvalue weighted by Crippen LogP contribution is -2.14. The van der Waals surface area contributed by atoms with Crippen LogP contribution in [0.25, 0.3) is 0 Å². The molecule has 2 aromatic rings. The summed E-state index contributed by atoms with van der Waals surface area (Å²) in [6.45, 7) is 4.23. The molecule has 0 aliphatic rings. The van der Waals surface area contributed by atoms with E-state index in [0.717, 1.165) is 12.0 Å². The molecule has 0 aliphatic carbocycles. The van der Waals surface area contributed by atoms with Crippen molar-refractivity contribution in [3.05, 3.63) is 68.7 Å². The van der Waals surface area contributed by atoms with Gasteiger partial charge >= 0.3 is 0 Å². The summed E-state index contributed by atoms with van der Waals surface area (Å²) in [7, 11) is 0. The summed E-state index contributed by atoms with van der Waals surface area (Å²) in [6, 6.07) is 11.8. The molecule has 0 fully saturated rings. The molecular formula is C16H17Cl2N. The van der Waals surface area contributed by atoms with E-state index in [-0.39, 0.29) is 6.04 Å². The number of hydrogen-bond donors (Lipinski definition) is 1. The van der Waals surface area contributed by atoms with E-state index in [9.17, 15) is 0 Å². The number of aryl methyl sites for hydroxylation is 2. The second-order valence-electron chi connectivity index (χ2n) is 4.85. The molecule has 0 aliphatic heterocycles. The van der Waals surface area contributed by atoms with Crippen molar-refractivity contribution < 1.29 is 0 Å². The zero-order valence-corrected chi connectivity index (χ0v) is 12.6. The van der Waals surface area contributed by atoms with Crippen molar-refractivity contribution in [2.45, 2.75) is 26.3 Å². The molecule has 0 spiro atoms. The molecular weight excluding hydrogens is 277 g/mol. The van der Waals surface area contributed by atoms with E-state index in [0.29, 0.717) is 10.0 Å². The lowest BCUT2D eigenvalue weighted by atomic mass is 9.93. The van der Waals surface area contributed by atoms with Crippen LogP contribution in [0.15, 0.2) is 36.4 Å². The SMILES string of the molecule is Cc1cccc(C)c1CC(N)c1ccc(Cl)c(Cl)c1. The topological polar surface area (TPSA) is 26.0 Å². The van der Waals surface area contributed by atoms with Crippen LogP contribution in [-0.2, 0) is 6.42 Å². The normalized spacial score (nSPS) is 12.5. The first-order valence-electron chi connectivity index (χ1n) is 6.24. The molecule has 2 aromatic carbocycles. The van der Waals surface area contributed by atoms with Crippen LogP contribution in [0.2, 0.25) is 10.0 Å². The van der Waals surface area contributed by atoms with Gasteiger partial charge in [-0.3, -0.25) is 0 Å². The van der Waals surface area contributed by atoms with E-state index in [1.807, 2.05) is 12.1 Å². The summed E-state index contributed by atoms with van der Waals surface area (Å²) in [4.78, 5) is 0. The molecule has 100 valence electrons. The van der Waals surface area contributed by atoms with Gasteiger partial charge in [0.05, 0.1) is 10.0 Å². The summed E-state index contributed by atoms with van der Waals surface area (Å²) in [5.41, 5.74) is 11.1. The first kappa shape index (κ1) is 14.4. The Labute approximate surface area is 124 Å². The summed E-state index contributed by atoms with van der Waals surface area (Å²) in [6.07, 6.45) is 0.802. The van der Waals surface area contributed by atoms with Gasteiger partial charge in [-0.1, -0.05) is 47.5 Å². The first-order chi connectivity index (χ1) is 8.99. The molecule has 1 atom stereocenters. The van der Waals surface area contributed by atoms with E-state index in [4.69, 9.17) is 28.9 Å². The van der Waals surface area contributed by atoms with Crippen LogP contribution in [0.5, 0.6) is 0 Å². The van der Waals surface area contributed by atoms with Crippen molar-refractivity contribution in [3.8, 4) is 0 Å². The van der Waals surface area contributed by atoms with Crippen molar-refractivity contribution in [3.63, 3.8) is 0 Å². The Morgan fingerprint density at radius 1 is 1.00 bits per heavy atom. The highest BCUT2D eigenvalue weighted by Gasteiger charge is 2.12.